The summed E-state index contributed by atoms with van der Waals surface area (Å²) in [6.45, 7) is 2.54. The Kier molecular flexibility index (Phi) is 5.55. The van der Waals surface area contributed by atoms with E-state index in [-0.39, 0.29) is 5.91 Å². The molecule has 0 aliphatic carbocycles. The van der Waals surface area contributed by atoms with E-state index in [1.54, 1.807) is 19.1 Å². The van der Waals surface area contributed by atoms with E-state index in [2.05, 4.69) is 20.1 Å². The quantitative estimate of drug-likeness (QED) is 0.704. The summed E-state index contributed by atoms with van der Waals surface area (Å²) in [6.07, 6.45) is 3.62. The number of anilines is 1. The van der Waals surface area contributed by atoms with Crippen LogP contribution in [0.1, 0.15) is 32.0 Å². The van der Waals surface area contributed by atoms with Gasteiger partial charge in [-0.3, -0.25) is 4.79 Å². The normalized spacial score (nSPS) is 14.6. The fraction of sp³-hybridized carbons (Fsp3) is 0.318. The third kappa shape index (κ3) is 4.45. The van der Waals surface area contributed by atoms with Crippen molar-refractivity contribution in [1.82, 2.24) is 14.8 Å². The molecule has 1 amide bonds. The Labute approximate surface area is 168 Å². The average molecular weight is 394 g/mol. The summed E-state index contributed by atoms with van der Waals surface area (Å²) < 4.78 is 21.0. The molecule has 0 bridgehead atoms. The zero-order chi connectivity index (χ0) is 20.2. The lowest BCUT2D eigenvalue weighted by atomic mass is 10.1. The number of rotatable bonds is 5. The number of carbonyl (C=O) groups excluding carboxylic acids is 1. The molecule has 1 aromatic heterocycles. The Bertz CT molecular complexity index is 1020. The first-order valence-electron chi connectivity index (χ1n) is 9.86. The molecule has 7 heteroatoms. The number of amides is 1. The monoisotopic (exact) mass is 394 g/mol. The van der Waals surface area contributed by atoms with E-state index in [0.29, 0.717) is 11.4 Å². The summed E-state index contributed by atoms with van der Waals surface area (Å²) in [5.41, 5.74) is 1.55. The van der Waals surface area contributed by atoms with Gasteiger partial charge in [0.05, 0.1) is 0 Å². The molecule has 29 heavy (non-hydrogen) atoms. The average Bonchev–Trinajstić information content (AvgIpc) is 2.96. The third-order valence-corrected chi connectivity index (χ3v) is 4.98. The standard InChI is InChI=1S/C22H23FN4O2/c1-15(29-19-10-6-8-17(23)14-19)22(28)24-18-9-5-7-16(13-18)21-26-25-20-11-3-2-4-12-27(20)21/h5-10,13-15H,2-4,11-12H2,1H3,(H,24,28). The highest BCUT2D eigenvalue weighted by Gasteiger charge is 2.18. The van der Waals surface area contributed by atoms with Crippen LogP contribution in [-0.2, 0) is 17.8 Å². The summed E-state index contributed by atoms with van der Waals surface area (Å²) in [6, 6.07) is 13.3. The molecule has 0 spiro atoms. The van der Waals surface area contributed by atoms with E-state index in [0.717, 1.165) is 43.0 Å². The number of benzene rings is 2. The second-order valence-corrected chi connectivity index (χ2v) is 7.19. The van der Waals surface area contributed by atoms with Gasteiger partial charge in [0.2, 0.25) is 0 Å². The lowest BCUT2D eigenvalue weighted by molar-refractivity contribution is -0.122. The number of aromatic nitrogens is 3. The van der Waals surface area contributed by atoms with Gasteiger partial charge >= 0.3 is 0 Å². The van der Waals surface area contributed by atoms with E-state index in [9.17, 15) is 9.18 Å². The van der Waals surface area contributed by atoms with E-state index < -0.39 is 11.9 Å². The van der Waals surface area contributed by atoms with Gasteiger partial charge in [0, 0.05) is 30.3 Å². The SMILES string of the molecule is CC(Oc1cccc(F)c1)C(=O)Nc1cccc(-c2nnc3n2CCCCC3)c1. The van der Waals surface area contributed by atoms with Gasteiger partial charge in [-0.2, -0.15) is 0 Å². The summed E-state index contributed by atoms with van der Waals surface area (Å²) in [4.78, 5) is 12.5. The number of aryl methyl sites for hydroxylation is 1. The van der Waals surface area contributed by atoms with Crippen LogP contribution in [0.5, 0.6) is 5.75 Å². The number of fused-ring (bicyclic) bond motifs is 1. The first kappa shape index (κ1) is 19.1. The van der Waals surface area contributed by atoms with Crippen molar-refractivity contribution in [3.8, 4) is 17.1 Å². The number of ether oxygens (including phenoxy) is 1. The lowest BCUT2D eigenvalue weighted by Crippen LogP contribution is -2.30. The summed E-state index contributed by atoms with van der Waals surface area (Å²) in [5.74, 6) is 1.43. The number of carbonyl (C=O) groups is 1. The predicted molar refractivity (Wildman–Crippen MR) is 108 cm³/mol. The Morgan fingerprint density at radius 2 is 2.00 bits per heavy atom. The number of hydrogen-bond acceptors (Lipinski definition) is 4. The minimum absolute atomic E-state index is 0.313. The van der Waals surface area contributed by atoms with Crippen molar-refractivity contribution in [3.63, 3.8) is 0 Å². The molecule has 4 rings (SSSR count). The molecule has 1 N–H and O–H groups in total. The molecule has 150 valence electrons. The van der Waals surface area contributed by atoms with Crippen LogP contribution in [0.3, 0.4) is 0 Å². The van der Waals surface area contributed by atoms with Crippen LogP contribution < -0.4 is 10.1 Å². The molecule has 0 saturated heterocycles. The van der Waals surface area contributed by atoms with Crippen molar-refractivity contribution in [2.24, 2.45) is 0 Å². The van der Waals surface area contributed by atoms with E-state index in [1.165, 1.54) is 18.6 Å². The highest BCUT2D eigenvalue weighted by Crippen LogP contribution is 2.25. The van der Waals surface area contributed by atoms with E-state index >= 15 is 0 Å². The van der Waals surface area contributed by atoms with Crippen molar-refractivity contribution in [3.05, 3.63) is 60.2 Å². The Morgan fingerprint density at radius 3 is 2.86 bits per heavy atom. The van der Waals surface area contributed by atoms with Crippen molar-refractivity contribution in [2.75, 3.05) is 5.32 Å². The highest BCUT2D eigenvalue weighted by atomic mass is 19.1. The van der Waals surface area contributed by atoms with Crippen molar-refractivity contribution < 1.29 is 13.9 Å². The summed E-state index contributed by atoms with van der Waals surface area (Å²) in [5, 5.41) is 11.6. The Hall–Kier alpha value is -3.22. The van der Waals surface area contributed by atoms with Crippen molar-refractivity contribution >= 4 is 11.6 Å². The van der Waals surface area contributed by atoms with Crippen LogP contribution in [0, 0.1) is 5.82 Å². The second-order valence-electron chi connectivity index (χ2n) is 7.19. The van der Waals surface area contributed by atoms with Crippen LogP contribution in [-0.4, -0.2) is 26.8 Å². The molecule has 6 nitrogen and oxygen atoms in total. The maximum atomic E-state index is 13.3. The molecular formula is C22H23FN4O2. The first-order valence-corrected chi connectivity index (χ1v) is 9.86. The van der Waals surface area contributed by atoms with Crippen molar-refractivity contribution in [2.45, 2.75) is 45.3 Å². The van der Waals surface area contributed by atoms with E-state index in [1.807, 2.05) is 24.3 Å². The molecule has 1 aliphatic rings. The number of halogens is 1. The van der Waals surface area contributed by atoms with Gasteiger partial charge in [-0.15, -0.1) is 10.2 Å². The van der Waals surface area contributed by atoms with Gasteiger partial charge in [-0.05, 0) is 44.0 Å². The van der Waals surface area contributed by atoms with Crippen LogP contribution >= 0.6 is 0 Å². The minimum atomic E-state index is -0.773. The summed E-state index contributed by atoms with van der Waals surface area (Å²) >= 11 is 0. The fourth-order valence-corrected chi connectivity index (χ4v) is 3.48. The molecule has 0 fully saturated rings. The second kappa shape index (κ2) is 8.43. The van der Waals surface area contributed by atoms with Crippen LogP contribution in [0.15, 0.2) is 48.5 Å². The van der Waals surface area contributed by atoms with Gasteiger partial charge in [0.1, 0.15) is 17.4 Å². The Balaban J connectivity index is 1.48. The lowest BCUT2D eigenvalue weighted by Gasteiger charge is -2.15. The zero-order valence-corrected chi connectivity index (χ0v) is 16.3. The number of nitrogens with one attached hydrogen (secondary N) is 1. The van der Waals surface area contributed by atoms with Crippen LogP contribution in [0.2, 0.25) is 0 Å². The van der Waals surface area contributed by atoms with Gasteiger partial charge in [-0.1, -0.05) is 24.6 Å². The van der Waals surface area contributed by atoms with E-state index in [4.69, 9.17) is 4.74 Å². The van der Waals surface area contributed by atoms with Gasteiger partial charge < -0.3 is 14.6 Å². The molecule has 0 radical (unpaired) electrons. The number of hydrogen-bond donors (Lipinski definition) is 1. The number of nitrogens with zero attached hydrogens (tertiary/aromatic N) is 3. The molecule has 1 aliphatic heterocycles. The molecule has 0 saturated carbocycles. The molecule has 2 aromatic carbocycles. The van der Waals surface area contributed by atoms with Gasteiger partial charge in [-0.25, -0.2) is 4.39 Å². The van der Waals surface area contributed by atoms with Crippen molar-refractivity contribution in [1.29, 1.82) is 0 Å². The molecule has 2 heterocycles. The molecule has 1 atom stereocenters. The Morgan fingerprint density at radius 1 is 1.14 bits per heavy atom. The first-order chi connectivity index (χ1) is 14.1. The maximum absolute atomic E-state index is 13.3. The smallest absolute Gasteiger partial charge is 0.265 e. The molecule has 3 aromatic rings. The maximum Gasteiger partial charge on any atom is 0.265 e. The topological polar surface area (TPSA) is 69.0 Å². The van der Waals surface area contributed by atoms with Crippen LogP contribution in [0.4, 0.5) is 10.1 Å². The molecule has 1 unspecified atom stereocenters. The highest BCUT2D eigenvalue weighted by molar-refractivity contribution is 5.94. The molecular weight excluding hydrogens is 371 g/mol. The third-order valence-electron chi connectivity index (χ3n) is 4.98. The minimum Gasteiger partial charge on any atom is -0.481 e. The zero-order valence-electron chi connectivity index (χ0n) is 16.3. The largest absolute Gasteiger partial charge is 0.481 e. The predicted octanol–water partition coefficient (Wildman–Crippen LogP) is 4.22. The van der Waals surface area contributed by atoms with Gasteiger partial charge in [0.25, 0.3) is 5.91 Å². The fourth-order valence-electron chi connectivity index (χ4n) is 3.48. The summed E-state index contributed by atoms with van der Waals surface area (Å²) in [7, 11) is 0. The van der Waals surface area contributed by atoms with Gasteiger partial charge in [0.15, 0.2) is 11.9 Å². The van der Waals surface area contributed by atoms with Crippen LogP contribution in [0.25, 0.3) is 11.4 Å².